The number of carbonyl (C=O) groups is 1. The second-order valence-corrected chi connectivity index (χ2v) is 5.93. The molecular formula is C17H26N2O2. The number of hydrogen-bond acceptors (Lipinski definition) is 3. The van der Waals surface area contributed by atoms with Crippen LogP contribution in [0.25, 0.3) is 0 Å². The summed E-state index contributed by atoms with van der Waals surface area (Å²) in [7, 11) is 0. The summed E-state index contributed by atoms with van der Waals surface area (Å²) in [5.41, 5.74) is 0.864. The topological polar surface area (TPSA) is 61.4 Å². The Labute approximate surface area is 126 Å². The lowest BCUT2D eigenvalue weighted by Crippen LogP contribution is -2.51. The molecule has 3 N–H and O–H groups in total. The first-order valence-electron chi connectivity index (χ1n) is 7.86. The molecule has 1 saturated heterocycles. The standard InChI is InChI=1S/C17H26N2O2/c1-2-17(8-10-18-11-9-17)16(21)19-15(13-20)12-14-6-4-3-5-7-14/h3-7,15,18,20H,2,8-13H2,1H3,(H,19,21)/t15-/m0/s1. The van der Waals surface area contributed by atoms with E-state index in [-0.39, 0.29) is 24.0 Å². The molecule has 0 bridgehead atoms. The SMILES string of the molecule is CCC1(C(=O)N[C@H](CO)Cc2ccccc2)CCNCC1. The Balaban J connectivity index is 1.98. The number of benzene rings is 1. The molecule has 1 atom stereocenters. The fourth-order valence-electron chi connectivity index (χ4n) is 3.04. The number of rotatable bonds is 6. The zero-order valence-electron chi connectivity index (χ0n) is 12.8. The predicted molar refractivity (Wildman–Crippen MR) is 84.0 cm³/mol. The maximum Gasteiger partial charge on any atom is 0.226 e. The zero-order valence-corrected chi connectivity index (χ0v) is 12.8. The first-order valence-corrected chi connectivity index (χ1v) is 7.86. The molecule has 0 aromatic heterocycles. The fourth-order valence-corrected chi connectivity index (χ4v) is 3.04. The van der Waals surface area contributed by atoms with Crippen molar-refractivity contribution in [3.05, 3.63) is 35.9 Å². The Morgan fingerprint density at radius 3 is 2.57 bits per heavy atom. The monoisotopic (exact) mass is 290 g/mol. The number of amides is 1. The number of aliphatic hydroxyl groups is 1. The molecule has 0 unspecified atom stereocenters. The first kappa shape index (κ1) is 16.0. The van der Waals surface area contributed by atoms with Crippen LogP contribution >= 0.6 is 0 Å². The fraction of sp³-hybridized carbons (Fsp3) is 0.588. The molecule has 1 aromatic rings. The molecule has 1 fully saturated rings. The van der Waals surface area contributed by atoms with E-state index in [1.165, 1.54) is 0 Å². The van der Waals surface area contributed by atoms with Crippen molar-refractivity contribution in [2.24, 2.45) is 5.41 Å². The second-order valence-electron chi connectivity index (χ2n) is 5.93. The number of carbonyl (C=O) groups excluding carboxylic acids is 1. The van der Waals surface area contributed by atoms with E-state index in [0.29, 0.717) is 6.42 Å². The predicted octanol–water partition coefficient (Wildman–Crippen LogP) is 1.49. The van der Waals surface area contributed by atoms with Gasteiger partial charge in [-0.2, -0.15) is 0 Å². The van der Waals surface area contributed by atoms with Gasteiger partial charge in [0.15, 0.2) is 0 Å². The Kier molecular flexibility index (Phi) is 5.76. The lowest BCUT2D eigenvalue weighted by molar-refractivity contribution is -0.134. The van der Waals surface area contributed by atoms with Crippen molar-refractivity contribution in [1.82, 2.24) is 10.6 Å². The van der Waals surface area contributed by atoms with E-state index in [1.54, 1.807) is 0 Å². The molecule has 0 aliphatic carbocycles. The van der Waals surface area contributed by atoms with Crippen LogP contribution in [0, 0.1) is 5.41 Å². The van der Waals surface area contributed by atoms with Gasteiger partial charge in [0.1, 0.15) is 0 Å². The molecule has 4 heteroatoms. The largest absolute Gasteiger partial charge is 0.394 e. The summed E-state index contributed by atoms with van der Waals surface area (Å²) in [5, 5.41) is 15.9. The molecule has 4 nitrogen and oxygen atoms in total. The third-order valence-corrected chi connectivity index (χ3v) is 4.60. The Bertz CT molecular complexity index is 441. The number of piperidine rings is 1. The van der Waals surface area contributed by atoms with Crippen molar-refractivity contribution in [3.8, 4) is 0 Å². The van der Waals surface area contributed by atoms with Gasteiger partial charge in [-0.3, -0.25) is 4.79 Å². The van der Waals surface area contributed by atoms with Gasteiger partial charge in [-0.1, -0.05) is 37.3 Å². The molecule has 0 radical (unpaired) electrons. The van der Waals surface area contributed by atoms with Gasteiger partial charge in [0.2, 0.25) is 5.91 Å². The third-order valence-electron chi connectivity index (χ3n) is 4.60. The Morgan fingerprint density at radius 2 is 2.00 bits per heavy atom. The van der Waals surface area contributed by atoms with Gasteiger partial charge in [0.25, 0.3) is 0 Å². The van der Waals surface area contributed by atoms with Crippen LogP contribution in [0.1, 0.15) is 31.7 Å². The Morgan fingerprint density at radius 1 is 1.33 bits per heavy atom. The van der Waals surface area contributed by atoms with Crippen LogP contribution < -0.4 is 10.6 Å². The summed E-state index contributed by atoms with van der Waals surface area (Å²) in [4.78, 5) is 12.7. The van der Waals surface area contributed by atoms with Crippen LogP contribution in [-0.2, 0) is 11.2 Å². The van der Waals surface area contributed by atoms with E-state index in [0.717, 1.165) is 37.9 Å². The highest BCUT2D eigenvalue weighted by Gasteiger charge is 2.38. The summed E-state index contributed by atoms with van der Waals surface area (Å²) < 4.78 is 0. The summed E-state index contributed by atoms with van der Waals surface area (Å²) >= 11 is 0. The van der Waals surface area contributed by atoms with Crippen molar-refractivity contribution in [3.63, 3.8) is 0 Å². The van der Waals surface area contributed by atoms with Gasteiger partial charge in [0.05, 0.1) is 18.1 Å². The van der Waals surface area contributed by atoms with Crippen LogP contribution in [0.3, 0.4) is 0 Å². The van der Waals surface area contributed by atoms with Gasteiger partial charge < -0.3 is 15.7 Å². The molecule has 0 saturated carbocycles. The van der Waals surface area contributed by atoms with Crippen molar-refractivity contribution in [2.75, 3.05) is 19.7 Å². The minimum atomic E-state index is -0.268. The highest BCUT2D eigenvalue weighted by atomic mass is 16.3. The second kappa shape index (κ2) is 7.57. The molecule has 1 heterocycles. The van der Waals surface area contributed by atoms with Crippen LogP contribution in [0.15, 0.2) is 30.3 Å². The normalized spacial score (nSPS) is 19.0. The van der Waals surface area contributed by atoms with Crippen LogP contribution in [0.2, 0.25) is 0 Å². The number of nitrogens with one attached hydrogen (secondary N) is 2. The quantitative estimate of drug-likeness (QED) is 0.744. The van der Waals surface area contributed by atoms with E-state index in [2.05, 4.69) is 17.6 Å². The van der Waals surface area contributed by atoms with Gasteiger partial charge in [-0.25, -0.2) is 0 Å². The van der Waals surface area contributed by atoms with E-state index < -0.39 is 0 Å². The van der Waals surface area contributed by atoms with Gasteiger partial charge in [-0.05, 0) is 44.3 Å². The van der Waals surface area contributed by atoms with Crippen molar-refractivity contribution in [1.29, 1.82) is 0 Å². The molecule has 1 aliphatic rings. The number of hydrogen-bond donors (Lipinski definition) is 3. The minimum absolute atomic E-state index is 0.0291. The number of aliphatic hydroxyl groups excluding tert-OH is 1. The molecule has 1 aliphatic heterocycles. The molecule has 2 rings (SSSR count). The maximum atomic E-state index is 12.7. The lowest BCUT2D eigenvalue weighted by atomic mass is 9.75. The van der Waals surface area contributed by atoms with Gasteiger partial charge in [0, 0.05) is 0 Å². The molecule has 21 heavy (non-hydrogen) atoms. The minimum Gasteiger partial charge on any atom is -0.394 e. The lowest BCUT2D eigenvalue weighted by Gasteiger charge is -2.36. The van der Waals surface area contributed by atoms with Crippen LogP contribution in [-0.4, -0.2) is 36.8 Å². The summed E-state index contributed by atoms with van der Waals surface area (Å²) in [6, 6.07) is 9.76. The van der Waals surface area contributed by atoms with E-state index in [9.17, 15) is 9.90 Å². The van der Waals surface area contributed by atoms with E-state index in [4.69, 9.17) is 0 Å². The Hall–Kier alpha value is -1.39. The smallest absolute Gasteiger partial charge is 0.226 e. The van der Waals surface area contributed by atoms with Crippen molar-refractivity contribution < 1.29 is 9.90 Å². The molecular weight excluding hydrogens is 264 g/mol. The first-order chi connectivity index (χ1) is 10.2. The highest BCUT2D eigenvalue weighted by Crippen LogP contribution is 2.32. The average Bonchev–Trinajstić information content (AvgIpc) is 2.55. The summed E-state index contributed by atoms with van der Waals surface area (Å²) in [5.74, 6) is 0.0986. The highest BCUT2D eigenvalue weighted by molar-refractivity contribution is 5.83. The van der Waals surface area contributed by atoms with Crippen molar-refractivity contribution in [2.45, 2.75) is 38.6 Å². The van der Waals surface area contributed by atoms with Gasteiger partial charge >= 0.3 is 0 Å². The third kappa shape index (κ3) is 4.05. The van der Waals surface area contributed by atoms with E-state index in [1.807, 2.05) is 30.3 Å². The zero-order chi connectivity index (χ0) is 15.1. The van der Waals surface area contributed by atoms with Crippen molar-refractivity contribution >= 4 is 5.91 Å². The summed E-state index contributed by atoms with van der Waals surface area (Å²) in [6.07, 6.45) is 3.27. The molecule has 116 valence electrons. The molecule has 0 spiro atoms. The van der Waals surface area contributed by atoms with Crippen LogP contribution in [0.5, 0.6) is 0 Å². The van der Waals surface area contributed by atoms with Crippen LogP contribution in [0.4, 0.5) is 0 Å². The summed E-state index contributed by atoms with van der Waals surface area (Å²) in [6.45, 7) is 3.84. The van der Waals surface area contributed by atoms with Gasteiger partial charge in [-0.15, -0.1) is 0 Å². The average molecular weight is 290 g/mol. The van der Waals surface area contributed by atoms with E-state index >= 15 is 0 Å². The molecule has 1 amide bonds. The molecule has 1 aromatic carbocycles. The maximum absolute atomic E-state index is 12.7.